The summed E-state index contributed by atoms with van der Waals surface area (Å²) in [6.45, 7) is 1.90. The van der Waals surface area contributed by atoms with Crippen molar-refractivity contribution in [3.8, 4) is 11.8 Å². The Morgan fingerprint density at radius 2 is 1.81 bits per heavy atom. The Bertz CT molecular complexity index is 787. The number of rotatable bonds is 4. The summed E-state index contributed by atoms with van der Waals surface area (Å²) in [7, 11) is -2.00. The van der Waals surface area contributed by atoms with Crippen LogP contribution in [0.25, 0.3) is 0 Å². The van der Waals surface area contributed by atoms with E-state index in [-0.39, 0.29) is 10.6 Å². The van der Waals surface area contributed by atoms with Crippen LogP contribution < -0.4 is 4.74 Å². The molecule has 0 radical (unpaired) electrons. The van der Waals surface area contributed by atoms with Crippen molar-refractivity contribution in [2.24, 2.45) is 0 Å². The molecule has 4 nitrogen and oxygen atoms in total. The summed E-state index contributed by atoms with van der Waals surface area (Å²) >= 11 is 0. The van der Waals surface area contributed by atoms with Crippen molar-refractivity contribution in [2.45, 2.75) is 17.6 Å². The zero-order valence-corrected chi connectivity index (χ0v) is 12.6. The summed E-state index contributed by atoms with van der Waals surface area (Å²) in [6, 6.07) is 13.5. The van der Waals surface area contributed by atoms with E-state index in [0.29, 0.717) is 16.9 Å². The van der Waals surface area contributed by atoms with Crippen molar-refractivity contribution in [1.82, 2.24) is 0 Å². The maximum absolute atomic E-state index is 12.4. The quantitative estimate of drug-likeness (QED) is 0.871. The van der Waals surface area contributed by atoms with Crippen molar-refractivity contribution in [2.75, 3.05) is 7.11 Å². The van der Waals surface area contributed by atoms with Gasteiger partial charge in [0.2, 0.25) is 0 Å². The normalized spacial score (nSPS) is 10.9. The second-order valence-corrected chi connectivity index (χ2v) is 6.70. The summed E-state index contributed by atoms with van der Waals surface area (Å²) in [5.41, 5.74) is 1.89. The molecule has 0 saturated carbocycles. The van der Waals surface area contributed by atoms with Crippen LogP contribution in [-0.4, -0.2) is 15.5 Å². The number of aryl methyl sites for hydroxylation is 1. The minimum atomic E-state index is -3.48. The molecule has 0 atom stereocenters. The van der Waals surface area contributed by atoms with E-state index in [2.05, 4.69) is 0 Å². The smallest absolute Gasteiger partial charge is 0.182 e. The van der Waals surface area contributed by atoms with Gasteiger partial charge in [0.05, 0.1) is 29.4 Å². The molecule has 0 aliphatic rings. The predicted molar refractivity (Wildman–Crippen MR) is 79.8 cm³/mol. The van der Waals surface area contributed by atoms with Crippen LogP contribution in [0.2, 0.25) is 0 Å². The van der Waals surface area contributed by atoms with Crippen molar-refractivity contribution >= 4 is 9.84 Å². The molecule has 21 heavy (non-hydrogen) atoms. The van der Waals surface area contributed by atoms with Crippen LogP contribution in [0.15, 0.2) is 47.4 Å². The van der Waals surface area contributed by atoms with E-state index in [1.165, 1.54) is 7.11 Å². The Hall–Kier alpha value is -2.32. The van der Waals surface area contributed by atoms with Crippen LogP contribution in [-0.2, 0) is 15.6 Å². The van der Waals surface area contributed by atoms with E-state index in [4.69, 9.17) is 10.00 Å². The first-order valence-corrected chi connectivity index (χ1v) is 7.98. The molecule has 0 saturated heterocycles. The average Bonchev–Trinajstić information content (AvgIpc) is 2.47. The minimum absolute atomic E-state index is 0.200. The highest BCUT2D eigenvalue weighted by Crippen LogP contribution is 2.25. The van der Waals surface area contributed by atoms with Gasteiger partial charge in [0.1, 0.15) is 5.75 Å². The van der Waals surface area contributed by atoms with E-state index in [9.17, 15) is 8.42 Å². The number of ether oxygens (including phenoxy) is 1. The Labute approximate surface area is 124 Å². The average molecular weight is 301 g/mol. The van der Waals surface area contributed by atoms with Gasteiger partial charge in [0.25, 0.3) is 0 Å². The van der Waals surface area contributed by atoms with E-state index in [0.717, 1.165) is 5.56 Å². The van der Waals surface area contributed by atoms with Crippen molar-refractivity contribution in [1.29, 1.82) is 5.26 Å². The number of methoxy groups -OCH3 is 1. The third kappa shape index (κ3) is 3.41. The van der Waals surface area contributed by atoms with Gasteiger partial charge in [-0.3, -0.25) is 0 Å². The van der Waals surface area contributed by atoms with Gasteiger partial charge >= 0.3 is 0 Å². The van der Waals surface area contributed by atoms with E-state index < -0.39 is 9.84 Å². The molecule has 0 aliphatic heterocycles. The first-order valence-electron chi connectivity index (χ1n) is 6.33. The topological polar surface area (TPSA) is 67.2 Å². The first-order chi connectivity index (χ1) is 9.96. The number of hydrogen-bond acceptors (Lipinski definition) is 4. The van der Waals surface area contributed by atoms with Gasteiger partial charge in [-0.2, -0.15) is 5.26 Å². The van der Waals surface area contributed by atoms with Gasteiger partial charge in [-0.15, -0.1) is 0 Å². The molecule has 5 heteroatoms. The highest BCUT2D eigenvalue weighted by Gasteiger charge is 2.18. The standard InChI is InChI=1S/C16H15NO3S/c1-12-3-6-15(7-4-12)21(18,19)11-14-9-13(10-17)5-8-16(14)20-2/h3-9H,11H2,1-2H3. The number of benzene rings is 2. The maximum atomic E-state index is 12.4. The maximum Gasteiger partial charge on any atom is 0.182 e. The Morgan fingerprint density at radius 3 is 2.38 bits per heavy atom. The molecule has 2 aromatic carbocycles. The second kappa shape index (κ2) is 5.98. The minimum Gasteiger partial charge on any atom is -0.496 e. The Kier molecular flexibility index (Phi) is 4.29. The monoisotopic (exact) mass is 301 g/mol. The summed E-state index contributed by atoms with van der Waals surface area (Å²) in [4.78, 5) is 0.262. The lowest BCUT2D eigenvalue weighted by Gasteiger charge is -2.10. The van der Waals surface area contributed by atoms with Gasteiger partial charge in [-0.05, 0) is 37.3 Å². The van der Waals surface area contributed by atoms with Crippen LogP contribution in [0.5, 0.6) is 5.75 Å². The lowest BCUT2D eigenvalue weighted by Crippen LogP contribution is -2.06. The van der Waals surface area contributed by atoms with Gasteiger partial charge in [-0.1, -0.05) is 17.7 Å². The van der Waals surface area contributed by atoms with Gasteiger partial charge in [0, 0.05) is 5.56 Å². The van der Waals surface area contributed by atoms with Crippen LogP contribution in [0.4, 0.5) is 0 Å². The molecule has 0 N–H and O–H groups in total. The fraction of sp³-hybridized carbons (Fsp3) is 0.188. The second-order valence-electron chi connectivity index (χ2n) is 4.71. The molecular weight excluding hydrogens is 286 g/mol. The molecular formula is C16H15NO3S. The lowest BCUT2D eigenvalue weighted by molar-refractivity contribution is 0.411. The predicted octanol–water partition coefficient (Wildman–Crippen LogP) is 2.85. The summed E-state index contributed by atoms with van der Waals surface area (Å²) in [5.74, 6) is 0.263. The third-order valence-corrected chi connectivity index (χ3v) is 4.82. The van der Waals surface area contributed by atoms with Crippen molar-refractivity contribution in [3.05, 3.63) is 59.2 Å². The van der Waals surface area contributed by atoms with Gasteiger partial charge in [0.15, 0.2) is 9.84 Å². The first kappa shape index (κ1) is 15.1. The summed E-state index contributed by atoms with van der Waals surface area (Å²) in [5, 5.41) is 8.93. The van der Waals surface area contributed by atoms with Gasteiger partial charge < -0.3 is 4.74 Å². The molecule has 108 valence electrons. The van der Waals surface area contributed by atoms with E-state index in [1.807, 2.05) is 13.0 Å². The van der Waals surface area contributed by atoms with E-state index >= 15 is 0 Å². The number of nitriles is 1. The molecule has 0 spiro atoms. The molecule has 0 bridgehead atoms. The van der Waals surface area contributed by atoms with Crippen LogP contribution in [0, 0.1) is 18.3 Å². The number of sulfone groups is 1. The molecule has 0 unspecified atom stereocenters. The highest BCUT2D eigenvalue weighted by molar-refractivity contribution is 7.90. The molecule has 2 aromatic rings. The summed E-state index contributed by atoms with van der Waals surface area (Å²) < 4.78 is 30.1. The van der Waals surface area contributed by atoms with E-state index in [1.54, 1.807) is 42.5 Å². The van der Waals surface area contributed by atoms with Crippen molar-refractivity contribution in [3.63, 3.8) is 0 Å². The zero-order chi connectivity index (χ0) is 15.5. The highest BCUT2D eigenvalue weighted by atomic mass is 32.2. The SMILES string of the molecule is COc1ccc(C#N)cc1CS(=O)(=O)c1ccc(C)cc1. The molecule has 0 aliphatic carbocycles. The van der Waals surface area contributed by atoms with Crippen LogP contribution >= 0.6 is 0 Å². The zero-order valence-electron chi connectivity index (χ0n) is 11.8. The lowest BCUT2D eigenvalue weighted by atomic mass is 10.1. The fourth-order valence-electron chi connectivity index (χ4n) is 1.99. The Balaban J connectivity index is 2.41. The Morgan fingerprint density at radius 1 is 1.14 bits per heavy atom. The third-order valence-electron chi connectivity index (χ3n) is 3.14. The fourth-order valence-corrected chi connectivity index (χ4v) is 3.35. The molecule has 0 fully saturated rings. The number of nitrogens with zero attached hydrogens (tertiary/aromatic N) is 1. The van der Waals surface area contributed by atoms with Crippen molar-refractivity contribution < 1.29 is 13.2 Å². The number of hydrogen-bond donors (Lipinski definition) is 0. The molecule has 0 aromatic heterocycles. The summed E-state index contributed by atoms with van der Waals surface area (Å²) in [6.07, 6.45) is 0. The van der Waals surface area contributed by atoms with Crippen LogP contribution in [0.1, 0.15) is 16.7 Å². The largest absolute Gasteiger partial charge is 0.496 e. The molecule has 2 rings (SSSR count). The van der Waals surface area contributed by atoms with Crippen LogP contribution in [0.3, 0.4) is 0 Å². The molecule has 0 heterocycles. The van der Waals surface area contributed by atoms with Gasteiger partial charge in [-0.25, -0.2) is 8.42 Å². The molecule has 0 amide bonds.